The molecule has 4 heteroatoms. The van der Waals surface area contributed by atoms with Gasteiger partial charge in [-0.15, -0.1) is 0 Å². The third kappa shape index (κ3) is 2.12. The Morgan fingerprint density at radius 3 is 2.55 bits per heavy atom. The van der Waals surface area contributed by atoms with Crippen LogP contribution in [0.5, 0.6) is 0 Å². The zero-order valence-electron chi connectivity index (χ0n) is 11.8. The van der Waals surface area contributed by atoms with Crippen molar-refractivity contribution in [3.63, 3.8) is 0 Å². The largest absolute Gasteiger partial charge is 0.339 e. The number of amides is 1. The molecule has 1 aromatic rings. The van der Waals surface area contributed by atoms with Gasteiger partial charge in [-0.3, -0.25) is 4.79 Å². The second-order valence-corrected chi connectivity index (χ2v) is 6.69. The van der Waals surface area contributed by atoms with Crippen molar-refractivity contribution in [2.75, 3.05) is 7.05 Å². The average Bonchev–Trinajstić information content (AvgIpc) is 3.07. The standard InChI is InChI=1S/C16H19ClFNO/c1-10(12-5-3-4-6-13(12)17)19(2)15(20)11-7-16(8-11)9-14(16)18/h3-6,10-11,14H,7-9H2,1-2H3/t10-,11?,14?,16?/m0/s1. The van der Waals surface area contributed by atoms with Crippen molar-refractivity contribution < 1.29 is 9.18 Å². The molecule has 2 saturated carbocycles. The van der Waals surface area contributed by atoms with Gasteiger partial charge in [-0.05, 0) is 37.8 Å². The van der Waals surface area contributed by atoms with Crippen molar-refractivity contribution in [1.82, 2.24) is 4.90 Å². The predicted molar refractivity (Wildman–Crippen MR) is 77.3 cm³/mol. The van der Waals surface area contributed by atoms with Crippen LogP contribution in [0.2, 0.25) is 5.02 Å². The highest BCUT2D eigenvalue weighted by molar-refractivity contribution is 6.31. The third-order valence-electron chi connectivity index (χ3n) is 5.03. The van der Waals surface area contributed by atoms with Gasteiger partial charge in [-0.2, -0.15) is 0 Å². The van der Waals surface area contributed by atoms with Crippen LogP contribution in [0.25, 0.3) is 0 Å². The van der Waals surface area contributed by atoms with Crippen LogP contribution in [0.3, 0.4) is 0 Å². The lowest BCUT2D eigenvalue weighted by Crippen LogP contribution is -2.42. The van der Waals surface area contributed by atoms with E-state index in [1.54, 1.807) is 11.9 Å². The summed E-state index contributed by atoms with van der Waals surface area (Å²) < 4.78 is 13.2. The second kappa shape index (κ2) is 4.73. The van der Waals surface area contributed by atoms with E-state index >= 15 is 0 Å². The van der Waals surface area contributed by atoms with Gasteiger partial charge in [0.05, 0.1) is 6.04 Å². The molecule has 108 valence electrons. The normalized spacial score (nSPS) is 32.6. The minimum atomic E-state index is -0.669. The van der Waals surface area contributed by atoms with Crippen LogP contribution in [0.1, 0.15) is 37.8 Å². The molecule has 1 unspecified atom stereocenters. The van der Waals surface area contributed by atoms with Gasteiger partial charge >= 0.3 is 0 Å². The summed E-state index contributed by atoms with van der Waals surface area (Å²) in [5, 5.41) is 0.677. The van der Waals surface area contributed by atoms with E-state index in [9.17, 15) is 9.18 Å². The van der Waals surface area contributed by atoms with Crippen LogP contribution in [0.15, 0.2) is 24.3 Å². The van der Waals surface area contributed by atoms with Crippen LogP contribution in [-0.2, 0) is 4.79 Å². The molecule has 2 nitrogen and oxygen atoms in total. The number of carbonyl (C=O) groups excluding carboxylic acids is 1. The van der Waals surface area contributed by atoms with Gasteiger partial charge in [0.25, 0.3) is 0 Å². The highest BCUT2D eigenvalue weighted by Crippen LogP contribution is 2.65. The van der Waals surface area contributed by atoms with Crippen molar-refractivity contribution in [2.45, 2.75) is 38.4 Å². The molecule has 0 saturated heterocycles. The predicted octanol–water partition coefficient (Wildman–Crippen LogP) is 4.00. The fourth-order valence-electron chi connectivity index (χ4n) is 3.32. The van der Waals surface area contributed by atoms with E-state index in [0.29, 0.717) is 24.3 Å². The fourth-order valence-corrected chi connectivity index (χ4v) is 3.61. The quantitative estimate of drug-likeness (QED) is 0.825. The molecule has 1 aromatic carbocycles. The Bertz CT molecular complexity index is 541. The molecule has 2 aliphatic rings. The van der Waals surface area contributed by atoms with Crippen molar-refractivity contribution in [2.24, 2.45) is 11.3 Å². The minimum Gasteiger partial charge on any atom is -0.339 e. The van der Waals surface area contributed by atoms with E-state index in [0.717, 1.165) is 5.56 Å². The summed E-state index contributed by atoms with van der Waals surface area (Å²) in [6.45, 7) is 1.97. The van der Waals surface area contributed by atoms with Gasteiger partial charge in [-0.25, -0.2) is 4.39 Å². The van der Waals surface area contributed by atoms with E-state index in [4.69, 9.17) is 11.6 Å². The zero-order chi connectivity index (χ0) is 14.5. The Labute approximate surface area is 123 Å². The van der Waals surface area contributed by atoms with Gasteiger partial charge < -0.3 is 4.90 Å². The number of nitrogens with zero attached hydrogens (tertiary/aromatic N) is 1. The van der Waals surface area contributed by atoms with Gasteiger partial charge in [-0.1, -0.05) is 29.8 Å². The first-order chi connectivity index (χ1) is 9.44. The maximum absolute atomic E-state index is 13.2. The lowest BCUT2D eigenvalue weighted by Gasteiger charge is -2.38. The van der Waals surface area contributed by atoms with Crippen LogP contribution in [-0.4, -0.2) is 24.0 Å². The lowest BCUT2D eigenvalue weighted by molar-refractivity contribution is -0.141. The Hall–Kier alpha value is -1.09. The molecule has 3 rings (SSSR count). The van der Waals surface area contributed by atoms with E-state index in [-0.39, 0.29) is 23.3 Å². The number of hydrogen-bond donors (Lipinski definition) is 0. The highest BCUT2D eigenvalue weighted by atomic mass is 35.5. The first kappa shape index (κ1) is 13.9. The SMILES string of the molecule is C[C@@H](c1ccccc1Cl)N(C)C(=O)C1CC2(C1)CC2F. The maximum Gasteiger partial charge on any atom is 0.225 e. The van der Waals surface area contributed by atoms with Crippen molar-refractivity contribution in [3.8, 4) is 0 Å². The number of halogens is 2. The smallest absolute Gasteiger partial charge is 0.225 e. The first-order valence-electron chi connectivity index (χ1n) is 7.10. The van der Waals surface area contributed by atoms with Crippen LogP contribution < -0.4 is 0 Å². The molecule has 2 fully saturated rings. The number of benzene rings is 1. The van der Waals surface area contributed by atoms with Gasteiger partial charge in [0.1, 0.15) is 6.17 Å². The van der Waals surface area contributed by atoms with E-state index in [1.165, 1.54) is 0 Å². The summed E-state index contributed by atoms with van der Waals surface area (Å²) >= 11 is 6.18. The monoisotopic (exact) mass is 295 g/mol. The molecule has 2 aliphatic carbocycles. The number of rotatable bonds is 3. The second-order valence-electron chi connectivity index (χ2n) is 6.29. The lowest BCUT2D eigenvalue weighted by atomic mass is 9.71. The van der Waals surface area contributed by atoms with Gasteiger partial charge in [0.2, 0.25) is 5.91 Å². The molecular formula is C16H19ClFNO. The summed E-state index contributed by atoms with van der Waals surface area (Å²) in [6, 6.07) is 7.52. The Kier molecular flexibility index (Phi) is 3.28. The molecule has 0 radical (unpaired) electrons. The fraction of sp³-hybridized carbons (Fsp3) is 0.562. The summed E-state index contributed by atoms with van der Waals surface area (Å²) in [6.07, 6.45) is 1.41. The van der Waals surface area contributed by atoms with Crippen LogP contribution >= 0.6 is 11.6 Å². The molecule has 0 aliphatic heterocycles. The molecular weight excluding hydrogens is 277 g/mol. The molecule has 1 amide bonds. The van der Waals surface area contributed by atoms with Crippen molar-refractivity contribution in [3.05, 3.63) is 34.9 Å². The van der Waals surface area contributed by atoms with E-state index in [2.05, 4.69) is 0 Å². The van der Waals surface area contributed by atoms with E-state index in [1.807, 2.05) is 31.2 Å². The Balaban J connectivity index is 1.65. The summed E-state index contributed by atoms with van der Waals surface area (Å²) in [5.41, 5.74) is 0.822. The zero-order valence-corrected chi connectivity index (χ0v) is 12.5. The van der Waals surface area contributed by atoms with Gasteiger partial charge in [0.15, 0.2) is 0 Å². The summed E-state index contributed by atoms with van der Waals surface area (Å²) in [5.74, 6) is 0.104. The number of carbonyl (C=O) groups is 1. The van der Waals surface area contributed by atoms with Crippen molar-refractivity contribution >= 4 is 17.5 Å². The molecule has 0 heterocycles. The molecule has 0 aromatic heterocycles. The molecule has 0 bridgehead atoms. The summed E-state index contributed by atoms with van der Waals surface area (Å²) in [7, 11) is 1.81. The highest BCUT2D eigenvalue weighted by Gasteiger charge is 2.64. The number of alkyl halides is 1. The van der Waals surface area contributed by atoms with Crippen LogP contribution in [0.4, 0.5) is 4.39 Å². The molecule has 20 heavy (non-hydrogen) atoms. The third-order valence-corrected chi connectivity index (χ3v) is 5.37. The van der Waals surface area contributed by atoms with E-state index < -0.39 is 6.17 Å². The van der Waals surface area contributed by atoms with Gasteiger partial charge in [0, 0.05) is 23.4 Å². The Morgan fingerprint density at radius 2 is 2.00 bits per heavy atom. The minimum absolute atomic E-state index is 0.00862. The topological polar surface area (TPSA) is 20.3 Å². The Morgan fingerprint density at radius 1 is 1.40 bits per heavy atom. The van der Waals surface area contributed by atoms with Crippen molar-refractivity contribution in [1.29, 1.82) is 0 Å². The number of hydrogen-bond acceptors (Lipinski definition) is 1. The molecule has 1 spiro atoms. The first-order valence-corrected chi connectivity index (χ1v) is 7.47. The summed E-state index contributed by atoms with van der Waals surface area (Å²) in [4.78, 5) is 14.2. The molecule has 2 atom stereocenters. The average molecular weight is 296 g/mol. The van der Waals surface area contributed by atoms with Crippen LogP contribution in [0, 0.1) is 11.3 Å². The molecule has 0 N–H and O–H groups in total. The maximum atomic E-state index is 13.2.